The zero-order chi connectivity index (χ0) is 25.6. The maximum atomic E-state index is 13.7. The molecule has 0 spiro atoms. The van der Waals surface area contributed by atoms with Crippen molar-refractivity contribution in [3.63, 3.8) is 0 Å². The smallest absolute Gasteiger partial charge is 0.268 e. The van der Waals surface area contributed by atoms with Gasteiger partial charge in [0.15, 0.2) is 0 Å². The molecule has 0 aliphatic carbocycles. The van der Waals surface area contributed by atoms with Gasteiger partial charge in [-0.25, -0.2) is 0 Å². The molecule has 2 N–H and O–H groups in total. The van der Waals surface area contributed by atoms with E-state index in [0.717, 1.165) is 32.0 Å². The summed E-state index contributed by atoms with van der Waals surface area (Å²) in [5.74, 6) is 0.357. The number of aryl methyl sites for hydroxylation is 1. The van der Waals surface area contributed by atoms with Gasteiger partial charge >= 0.3 is 0 Å². The highest BCUT2D eigenvalue weighted by Gasteiger charge is 2.35. The minimum absolute atomic E-state index is 0.0196. The van der Waals surface area contributed by atoms with Crippen LogP contribution in [-0.4, -0.2) is 54.9 Å². The van der Waals surface area contributed by atoms with E-state index in [-0.39, 0.29) is 23.5 Å². The number of phenols is 1. The Bertz CT molecular complexity index is 1500. The van der Waals surface area contributed by atoms with Crippen molar-refractivity contribution >= 4 is 67.0 Å². The fourth-order valence-electron chi connectivity index (χ4n) is 4.82. The van der Waals surface area contributed by atoms with E-state index in [9.17, 15) is 14.7 Å². The molecular weight excluding hydrogens is 494 g/mol. The summed E-state index contributed by atoms with van der Waals surface area (Å²) >= 11 is 7.78. The van der Waals surface area contributed by atoms with E-state index in [1.807, 2.05) is 62.3 Å². The highest BCUT2D eigenvalue weighted by Crippen LogP contribution is 2.46. The number of hydrogen-bond donors (Lipinski definition) is 2. The number of carbonyl (C=O) groups is 2. The van der Waals surface area contributed by atoms with Crippen molar-refractivity contribution in [2.45, 2.75) is 19.3 Å². The minimum atomic E-state index is -0.118. The Balaban J connectivity index is 1.46. The quantitative estimate of drug-likeness (QED) is 0.308. The number of rotatable bonds is 6. The molecule has 186 valence electrons. The number of aromatic hydroxyl groups is 1. The van der Waals surface area contributed by atoms with Gasteiger partial charge in [-0.05, 0) is 61.6 Å². The molecule has 0 bridgehead atoms. The molecule has 1 aliphatic heterocycles. The van der Waals surface area contributed by atoms with Crippen molar-refractivity contribution in [2.24, 2.45) is 0 Å². The molecule has 1 aromatic heterocycles. The van der Waals surface area contributed by atoms with Crippen molar-refractivity contribution in [1.82, 2.24) is 4.90 Å². The van der Waals surface area contributed by atoms with E-state index in [2.05, 4.69) is 11.4 Å². The van der Waals surface area contributed by atoms with Crippen molar-refractivity contribution in [3.05, 3.63) is 64.5 Å². The van der Waals surface area contributed by atoms with Crippen LogP contribution >= 0.6 is 22.9 Å². The Morgan fingerprint density at radius 1 is 1.14 bits per heavy atom. The largest absolute Gasteiger partial charge is 0.507 e. The summed E-state index contributed by atoms with van der Waals surface area (Å²) in [5, 5.41) is 16.3. The Labute approximate surface area is 219 Å². The molecule has 4 aromatic rings. The lowest BCUT2D eigenvalue weighted by Gasteiger charge is -2.17. The number of fused-ring (bicyclic) bond motifs is 4. The first kappa shape index (κ1) is 24.6. The van der Waals surface area contributed by atoms with Crippen LogP contribution in [0.3, 0.4) is 0 Å². The third kappa shape index (κ3) is 4.54. The number of amides is 2. The minimum Gasteiger partial charge on any atom is -0.507 e. The second kappa shape index (κ2) is 9.73. The normalized spacial score (nSPS) is 15.1. The van der Waals surface area contributed by atoms with E-state index in [4.69, 9.17) is 11.6 Å². The average Bonchev–Trinajstić information content (AvgIpc) is 3.43. The summed E-state index contributed by atoms with van der Waals surface area (Å²) in [6, 6.07) is 15.2. The van der Waals surface area contributed by atoms with E-state index < -0.39 is 0 Å². The number of halogens is 1. The molecule has 0 fully saturated rings. The van der Waals surface area contributed by atoms with Gasteiger partial charge in [-0.2, -0.15) is 0 Å². The first-order chi connectivity index (χ1) is 17.2. The van der Waals surface area contributed by atoms with E-state index in [1.54, 1.807) is 11.0 Å². The molecule has 8 heteroatoms. The molecular formula is C28H28ClN3O3S. The Morgan fingerprint density at radius 3 is 2.69 bits per heavy atom. The number of hydrogen-bond acceptors (Lipinski definition) is 5. The van der Waals surface area contributed by atoms with Crippen LogP contribution in [0.15, 0.2) is 48.5 Å². The van der Waals surface area contributed by atoms with Gasteiger partial charge in [0.2, 0.25) is 5.91 Å². The van der Waals surface area contributed by atoms with Crippen molar-refractivity contribution in [3.8, 4) is 5.75 Å². The summed E-state index contributed by atoms with van der Waals surface area (Å²) in [6.45, 7) is 3.15. The number of thiophene rings is 1. The third-order valence-corrected chi connectivity index (χ3v) is 8.10. The number of anilines is 2. The van der Waals surface area contributed by atoms with E-state index in [0.29, 0.717) is 41.6 Å². The molecule has 36 heavy (non-hydrogen) atoms. The molecule has 1 aliphatic rings. The van der Waals surface area contributed by atoms with Crippen molar-refractivity contribution in [1.29, 1.82) is 0 Å². The average molecular weight is 522 g/mol. The number of nitrogens with zero attached hydrogens (tertiary/aromatic N) is 2. The number of alkyl halides is 1. The Hall–Kier alpha value is -3.13. The first-order valence-corrected chi connectivity index (χ1v) is 13.2. The van der Waals surface area contributed by atoms with Gasteiger partial charge in [-0.15, -0.1) is 22.9 Å². The van der Waals surface area contributed by atoms with Crippen molar-refractivity contribution in [2.75, 3.05) is 43.3 Å². The summed E-state index contributed by atoms with van der Waals surface area (Å²) in [5.41, 5.74) is 3.53. The number of benzene rings is 3. The third-order valence-electron chi connectivity index (χ3n) is 6.62. The molecule has 0 radical (unpaired) electrons. The number of nitrogens with one attached hydrogen (secondary N) is 1. The van der Waals surface area contributed by atoms with Crippen LogP contribution in [0.1, 0.15) is 33.1 Å². The second-order valence-electron chi connectivity index (χ2n) is 9.61. The molecule has 2 amide bonds. The maximum Gasteiger partial charge on any atom is 0.268 e. The molecule has 6 nitrogen and oxygen atoms in total. The summed E-state index contributed by atoms with van der Waals surface area (Å²) in [7, 11) is 3.87. The highest BCUT2D eigenvalue weighted by atomic mass is 35.5. The van der Waals surface area contributed by atoms with E-state index >= 15 is 0 Å². The maximum absolute atomic E-state index is 13.7. The van der Waals surface area contributed by atoms with Gasteiger partial charge in [0.05, 0.1) is 10.6 Å². The molecule has 5 rings (SSSR count). The summed E-state index contributed by atoms with van der Waals surface area (Å²) in [6.07, 6.45) is 0.412. The first-order valence-electron chi connectivity index (χ1n) is 11.9. The van der Waals surface area contributed by atoms with Gasteiger partial charge < -0.3 is 20.2 Å². The Kier molecular flexibility index (Phi) is 6.64. The lowest BCUT2D eigenvalue weighted by atomic mass is 9.94. The topological polar surface area (TPSA) is 72.9 Å². The predicted octanol–water partition coefficient (Wildman–Crippen LogP) is 5.94. The van der Waals surface area contributed by atoms with Crippen LogP contribution in [0, 0.1) is 6.92 Å². The fourth-order valence-corrected chi connectivity index (χ4v) is 6.06. The highest BCUT2D eigenvalue weighted by molar-refractivity contribution is 7.20. The summed E-state index contributed by atoms with van der Waals surface area (Å²) in [4.78, 5) is 30.2. The Morgan fingerprint density at radius 2 is 1.94 bits per heavy atom. The summed E-state index contributed by atoms with van der Waals surface area (Å²) < 4.78 is 0.968. The van der Waals surface area contributed by atoms with Gasteiger partial charge in [0.1, 0.15) is 5.75 Å². The van der Waals surface area contributed by atoms with Crippen LogP contribution in [0.5, 0.6) is 5.75 Å². The van der Waals surface area contributed by atoms with Crippen LogP contribution < -0.4 is 10.2 Å². The van der Waals surface area contributed by atoms with Gasteiger partial charge in [-0.1, -0.05) is 23.8 Å². The van der Waals surface area contributed by atoms with Gasteiger partial charge in [0, 0.05) is 53.1 Å². The SMILES string of the molecule is Cc1ccc2c(O)cc3c(c2c1)C(CCl)CN3C(=O)c1cc2cc(NC(=O)CCN(C)C)ccc2s1. The fraction of sp³-hybridized carbons (Fsp3) is 0.286. The lowest BCUT2D eigenvalue weighted by molar-refractivity contribution is -0.116. The zero-order valence-electron chi connectivity index (χ0n) is 20.5. The lowest BCUT2D eigenvalue weighted by Crippen LogP contribution is -2.29. The second-order valence-corrected chi connectivity index (χ2v) is 11.0. The van der Waals surface area contributed by atoms with Crippen LogP contribution in [-0.2, 0) is 4.79 Å². The van der Waals surface area contributed by atoms with Crippen LogP contribution in [0.4, 0.5) is 11.4 Å². The molecule has 0 saturated heterocycles. The zero-order valence-corrected chi connectivity index (χ0v) is 22.0. The molecule has 0 saturated carbocycles. The van der Waals surface area contributed by atoms with Gasteiger partial charge in [-0.3, -0.25) is 9.59 Å². The van der Waals surface area contributed by atoms with E-state index in [1.165, 1.54) is 11.3 Å². The number of phenolic OH excluding ortho intramolecular Hbond substituents is 1. The standard InChI is InChI=1S/C28H28ClN3O3S/c1-16-4-6-20-21(10-16)27-18(14-29)15-32(22(27)13-23(20)33)28(35)25-12-17-11-19(5-7-24(17)36-25)30-26(34)8-9-31(2)3/h4-7,10-13,18,33H,8-9,14-15H2,1-3H3,(H,30,34). The molecule has 1 atom stereocenters. The monoisotopic (exact) mass is 521 g/mol. The van der Waals surface area contributed by atoms with Crippen LogP contribution in [0.2, 0.25) is 0 Å². The van der Waals surface area contributed by atoms with Crippen LogP contribution in [0.25, 0.3) is 20.9 Å². The predicted molar refractivity (Wildman–Crippen MR) is 149 cm³/mol. The van der Waals surface area contributed by atoms with Gasteiger partial charge in [0.25, 0.3) is 5.91 Å². The molecule has 2 heterocycles. The molecule has 3 aromatic carbocycles. The van der Waals surface area contributed by atoms with Crippen molar-refractivity contribution < 1.29 is 14.7 Å². The molecule has 1 unspecified atom stereocenters. The number of carbonyl (C=O) groups excluding carboxylic acids is 2.